The van der Waals surface area contributed by atoms with E-state index in [1.165, 1.54) is 0 Å². The van der Waals surface area contributed by atoms with Crippen LogP contribution in [0.1, 0.15) is 48.2 Å². The van der Waals surface area contributed by atoms with Crippen molar-refractivity contribution >= 4 is 17.5 Å². The van der Waals surface area contributed by atoms with E-state index >= 15 is 0 Å². The van der Waals surface area contributed by atoms with Crippen LogP contribution in [0.3, 0.4) is 0 Å². The Kier molecular flexibility index (Phi) is 7.56. The first kappa shape index (κ1) is 24.0. The number of aromatic nitrogens is 3. The average Bonchev–Trinajstić information content (AvgIpc) is 3.32. The lowest BCUT2D eigenvalue weighted by atomic mass is 10.0. The highest BCUT2D eigenvalue weighted by atomic mass is 16.2. The standard InChI is InChI=1S/C27H33N7O2/c35-26(31-25-8-4-5-15-28-27(25)36)20-9-11-23(12-10-20)33-16-13-21(14-17-33)29-18-22-19-30-34(32-22)24-6-2-1-3-7-24/h1-3,6-7,9-12,19,21,25,29H,4-5,8,13-18H2,(H,28,36)(H,31,35)/t25-/m0/s1. The van der Waals surface area contributed by atoms with Gasteiger partial charge >= 0.3 is 0 Å². The van der Waals surface area contributed by atoms with Gasteiger partial charge in [0.1, 0.15) is 6.04 Å². The summed E-state index contributed by atoms with van der Waals surface area (Å²) in [5.41, 5.74) is 3.57. The Morgan fingerprint density at radius 2 is 1.75 bits per heavy atom. The topological polar surface area (TPSA) is 104 Å². The van der Waals surface area contributed by atoms with Gasteiger partial charge in [0.2, 0.25) is 5.91 Å². The van der Waals surface area contributed by atoms with Crippen LogP contribution in [0.2, 0.25) is 0 Å². The minimum absolute atomic E-state index is 0.0882. The molecule has 5 rings (SSSR count). The molecule has 0 saturated carbocycles. The second kappa shape index (κ2) is 11.3. The molecule has 2 amide bonds. The fourth-order valence-corrected chi connectivity index (χ4v) is 4.79. The number of anilines is 1. The highest BCUT2D eigenvalue weighted by molar-refractivity contribution is 5.97. The van der Waals surface area contributed by atoms with Crippen LogP contribution in [0.25, 0.3) is 5.69 Å². The first-order chi connectivity index (χ1) is 17.7. The molecule has 2 aliphatic rings. The normalized spacial score (nSPS) is 18.9. The van der Waals surface area contributed by atoms with E-state index in [9.17, 15) is 9.59 Å². The van der Waals surface area contributed by atoms with E-state index < -0.39 is 6.04 Å². The van der Waals surface area contributed by atoms with Crippen LogP contribution < -0.4 is 20.9 Å². The summed E-state index contributed by atoms with van der Waals surface area (Å²) < 4.78 is 0. The van der Waals surface area contributed by atoms with Gasteiger partial charge in [-0.2, -0.15) is 15.0 Å². The van der Waals surface area contributed by atoms with Crippen LogP contribution in [0.5, 0.6) is 0 Å². The van der Waals surface area contributed by atoms with Crippen LogP contribution in [0.15, 0.2) is 60.8 Å². The second-order valence-electron chi connectivity index (χ2n) is 9.46. The summed E-state index contributed by atoms with van der Waals surface area (Å²) in [6.45, 7) is 3.27. The molecule has 3 N–H and O–H groups in total. The number of hydrogen-bond donors (Lipinski definition) is 3. The highest BCUT2D eigenvalue weighted by Crippen LogP contribution is 2.21. The number of nitrogens with zero attached hydrogens (tertiary/aromatic N) is 4. The number of carbonyl (C=O) groups excluding carboxylic acids is 2. The maximum atomic E-state index is 12.6. The van der Waals surface area contributed by atoms with E-state index in [0.717, 1.165) is 55.8 Å². The van der Waals surface area contributed by atoms with Gasteiger partial charge in [0.25, 0.3) is 5.91 Å². The molecule has 0 bridgehead atoms. The summed E-state index contributed by atoms with van der Waals surface area (Å²) in [6, 6.07) is 17.6. The lowest BCUT2D eigenvalue weighted by molar-refractivity contribution is -0.122. The van der Waals surface area contributed by atoms with Crippen LogP contribution in [-0.4, -0.2) is 58.5 Å². The SMILES string of the molecule is O=C(N[C@H]1CCCCNC1=O)c1ccc(N2CCC(NCc3cnn(-c4ccccc4)n3)CC2)cc1. The van der Waals surface area contributed by atoms with Gasteiger partial charge in [-0.15, -0.1) is 0 Å². The number of hydrogen-bond acceptors (Lipinski definition) is 6. The summed E-state index contributed by atoms with van der Waals surface area (Å²) in [5.74, 6) is -0.287. The zero-order valence-electron chi connectivity index (χ0n) is 20.4. The fourth-order valence-electron chi connectivity index (χ4n) is 4.79. The lowest BCUT2D eigenvalue weighted by Crippen LogP contribution is -2.45. The van der Waals surface area contributed by atoms with Gasteiger partial charge in [-0.1, -0.05) is 18.2 Å². The van der Waals surface area contributed by atoms with E-state index in [-0.39, 0.29) is 11.8 Å². The molecule has 3 heterocycles. The van der Waals surface area contributed by atoms with Crippen molar-refractivity contribution in [2.24, 2.45) is 0 Å². The van der Waals surface area contributed by atoms with Crippen molar-refractivity contribution in [3.8, 4) is 5.69 Å². The van der Waals surface area contributed by atoms with Gasteiger partial charge in [0.15, 0.2) is 0 Å². The Balaban J connectivity index is 1.08. The van der Waals surface area contributed by atoms with E-state index in [1.54, 1.807) is 4.80 Å². The number of carbonyl (C=O) groups is 2. The van der Waals surface area contributed by atoms with Gasteiger partial charge in [0.05, 0.1) is 17.6 Å². The molecule has 2 saturated heterocycles. The van der Waals surface area contributed by atoms with Crippen molar-refractivity contribution in [3.63, 3.8) is 0 Å². The average molecular weight is 488 g/mol. The van der Waals surface area contributed by atoms with E-state index in [4.69, 9.17) is 0 Å². The van der Waals surface area contributed by atoms with Crippen molar-refractivity contribution in [2.45, 2.75) is 50.7 Å². The minimum Gasteiger partial charge on any atom is -0.371 e. The van der Waals surface area contributed by atoms with Crippen molar-refractivity contribution in [3.05, 3.63) is 72.1 Å². The molecule has 9 heteroatoms. The first-order valence-electron chi connectivity index (χ1n) is 12.8. The molecular formula is C27H33N7O2. The maximum Gasteiger partial charge on any atom is 0.251 e. The molecule has 3 aromatic rings. The second-order valence-corrected chi connectivity index (χ2v) is 9.46. The van der Waals surface area contributed by atoms with Gasteiger partial charge in [0, 0.05) is 43.5 Å². The Morgan fingerprint density at radius 1 is 0.972 bits per heavy atom. The number of nitrogens with one attached hydrogen (secondary N) is 3. The van der Waals surface area contributed by atoms with Gasteiger partial charge in [-0.3, -0.25) is 9.59 Å². The van der Waals surface area contributed by atoms with Crippen LogP contribution in [0.4, 0.5) is 5.69 Å². The molecule has 0 spiro atoms. The summed E-state index contributed by atoms with van der Waals surface area (Å²) in [7, 11) is 0. The zero-order valence-corrected chi connectivity index (χ0v) is 20.4. The molecule has 9 nitrogen and oxygen atoms in total. The number of piperidine rings is 1. The van der Waals surface area contributed by atoms with Crippen molar-refractivity contribution in [2.75, 3.05) is 24.5 Å². The van der Waals surface area contributed by atoms with Gasteiger partial charge < -0.3 is 20.9 Å². The Hall–Kier alpha value is -3.72. The number of benzene rings is 2. The Bertz CT molecular complexity index is 1150. The number of para-hydroxylation sites is 1. The Labute approximate surface area is 211 Å². The lowest BCUT2D eigenvalue weighted by Gasteiger charge is -2.34. The molecule has 1 atom stereocenters. The molecule has 0 unspecified atom stereocenters. The quantitative estimate of drug-likeness (QED) is 0.473. The van der Waals surface area contributed by atoms with Gasteiger partial charge in [-0.05, 0) is 68.5 Å². The summed E-state index contributed by atoms with van der Waals surface area (Å²) in [6.07, 6.45) is 6.45. The third kappa shape index (κ3) is 5.91. The molecule has 36 heavy (non-hydrogen) atoms. The van der Waals surface area contributed by atoms with Gasteiger partial charge in [-0.25, -0.2) is 0 Å². The van der Waals surface area contributed by atoms with Crippen LogP contribution >= 0.6 is 0 Å². The van der Waals surface area contributed by atoms with Crippen LogP contribution in [-0.2, 0) is 11.3 Å². The molecule has 1 aromatic heterocycles. The molecular weight excluding hydrogens is 454 g/mol. The number of amides is 2. The van der Waals surface area contributed by atoms with Crippen molar-refractivity contribution in [1.82, 2.24) is 30.9 Å². The minimum atomic E-state index is -0.450. The molecule has 188 valence electrons. The molecule has 2 aliphatic heterocycles. The Morgan fingerprint density at radius 3 is 2.53 bits per heavy atom. The zero-order chi connectivity index (χ0) is 24.7. The molecule has 0 radical (unpaired) electrons. The summed E-state index contributed by atoms with van der Waals surface area (Å²) >= 11 is 0. The predicted octanol–water partition coefficient (Wildman–Crippen LogP) is 2.42. The third-order valence-corrected chi connectivity index (χ3v) is 6.93. The maximum absolute atomic E-state index is 12.6. The van der Waals surface area contributed by atoms with Crippen LogP contribution in [0, 0.1) is 0 Å². The fraction of sp³-hybridized carbons (Fsp3) is 0.407. The van der Waals surface area contributed by atoms with Crippen molar-refractivity contribution < 1.29 is 9.59 Å². The third-order valence-electron chi connectivity index (χ3n) is 6.93. The highest BCUT2D eigenvalue weighted by Gasteiger charge is 2.23. The smallest absolute Gasteiger partial charge is 0.251 e. The number of rotatable bonds is 7. The molecule has 2 fully saturated rings. The monoisotopic (exact) mass is 487 g/mol. The van der Waals surface area contributed by atoms with E-state index in [0.29, 0.717) is 31.1 Å². The predicted molar refractivity (Wildman–Crippen MR) is 138 cm³/mol. The molecule has 0 aliphatic carbocycles. The first-order valence-corrected chi connectivity index (χ1v) is 12.8. The largest absolute Gasteiger partial charge is 0.371 e. The van der Waals surface area contributed by atoms with E-state index in [2.05, 4.69) is 31.0 Å². The summed E-state index contributed by atoms with van der Waals surface area (Å²) in [5, 5.41) is 18.3. The van der Waals surface area contributed by atoms with Crippen molar-refractivity contribution in [1.29, 1.82) is 0 Å². The summed E-state index contributed by atoms with van der Waals surface area (Å²) in [4.78, 5) is 28.8. The van der Waals surface area contributed by atoms with E-state index in [1.807, 2.05) is 60.8 Å². The molecule has 2 aromatic carbocycles.